The molecule has 0 aliphatic heterocycles. The number of benzene rings is 1. The zero-order valence-corrected chi connectivity index (χ0v) is 14.2. The summed E-state index contributed by atoms with van der Waals surface area (Å²) in [5.41, 5.74) is 0.0741. The van der Waals surface area contributed by atoms with Crippen molar-refractivity contribution in [3.05, 3.63) is 30.1 Å². The average Bonchev–Trinajstić information content (AvgIpc) is 2.32. The van der Waals surface area contributed by atoms with E-state index in [9.17, 15) is 17.6 Å². The molecular weight excluding hydrogens is 307 g/mol. The van der Waals surface area contributed by atoms with Crippen LogP contribution in [0, 0.1) is 5.82 Å². The van der Waals surface area contributed by atoms with Crippen LogP contribution in [0.15, 0.2) is 24.3 Å². The van der Waals surface area contributed by atoms with Crippen LogP contribution in [-0.4, -0.2) is 32.7 Å². The van der Waals surface area contributed by atoms with E-state index in [0.29, 0.717) is 12.1 Å². The van der Waals surface area contributed by atoms with Gasteiger partial charge in [-0.25, -0.2) is 12.8 Å². The van der Waals surface area contributed by atoms with E-state index in [4.69, 9.17) is 0 Å². The van der Waals surface area contributed by atoms with Crippen molar-refractivity contribution in [2.45, 2.75) is 39.2 Å². The van der Waals surface area contributed by atoms with Crippen molar-refractivity contribution < 1.29 is 17.6 Å². The quantitative estimate of drug-likeness (QED) is 0.870. The number of anilines is 1. The topological polar surface area (TPSA) is 66.5 Å². The lowest BCUT2D eigenvalue weighted by atomic mass is 10.1. The molecular formula is C15H23FN2O3S. The molecule has 1 aromatic carbocycles. The predicted octanol–water partition coefficient (Wildman–Crippen LogP) is 2.29. The van der Waals surface area contributed by atoms with Crippen LogP contribution in [0.3, 0.4) is 0 Å². The molecule has 0 saturated carbocycles. The number of nitrogens with one attached hydrogen (secondary N) is 1. The molecule has 0 aliphatic carbocycles. The van der Waals surface area contributed by atoms with Crippen LogP contribution in [0.1, 0.15) is 33.6 Å². The summed E-state index contributed by atoms with van der Waals surface area (Å²) >= 11 is 0. The molecule has 0 heterocycles. The van der Waals surface area contributed by atoms with E-state index >= 15 is 0 Å². The number of carbonyl (C=O) groups is 1. The summed E-state index contributed by atoms with van der Waals surface area (Å²) in [6.07, 6.45) is 1.70. The molecule has 0 unspecified atom stereocenters. The van der Waals surface area contributed by atoms with Crippen LogP contribution in [0.4, 0.5) is 10.1 Å². The second kappa shape index (κ2) is 7.09. The van der Waals surface area contributed by atoms with Gasteiger partial charge in [-0.1, -0.05) is 0 Å². The predicted molar refractivity (Wildman–Crippen MR) is 85.7 cm³/mol. The van der Waals surface area contributed by atoms with Crippen LogP contribution >= 0.6 is 0 Å². The number of sulfonamides is 1. The highest BCUT2D eigenvalue weighted by Crippen LogP contribution is 2.18. The highest BCUT2D eigenvalue weighted by molar-refractivity contribution is 7.92. The Kier molecular flexibility index (Phi) is 5.93. The van der Waals surface area contributed by atoms with Gasteiger partial charge in [-0.2, -0.15) is 0 Å². The van der Waals surface area contributed by atoms with Gasteiger partial charge >= 0.3 is 0 Å². The third-order valence-corrected chi connectivity index (χ3v) is 3.99. The first-order valence-electron chi connectivity index (χ1n) is 7.03. The highest BCUT2D eigenvalue weighted by atomic mass is 32.2. The van der Waals surface area contributed by atoms with Gasteiger partial charge in [0, 0.05) is 18.5 Å². The zero-order valence-electron chi connectivity index (χ0n) is 13.4. The minimum atomic E-state index is -3.48. The molecule has 0 fully saturated rings. The maximum atomic E-state index is 12.9. The van der Waals surface area contributed by atoms with Crippen molar-refractivity contribution in [2.75, 3.05) is 17.1 Å². The first-order valence-corrected chi connectivity index (χ1v) is 8.88. The Morgan fingerprint density at radius 2 is 1.77 bits per heavy atom. The standard InChI is InChI=1S/C15H23FN2O3S/c1-15(2,3)17-14(19)6-5-11-18(22(4,20)21)13-9-7-12(16)8-10-13/h7-10H,5-6,11H2,1-4H3,(H,17,19). The first-order chi connectivity index (χ1) is 9.99. The fraction of sp³-hybridized carbons (Fsp3) is 0.533. The minimum absolute atomic E-state index is 0.125. The lowest BCUT2D eigenvalue weighted by molar-refractivity contribution is -0.122. The highest BCUT2D eigenvalue weighted by Gasteiger charge is 2.18. The Bertz CT molecular complexity index is 607. The number of nitrogens with zero attached hydrogens (tertiary/aromatic N) is 1. The summed E-state index contributed by atoms with van der Waals surface area (Å²) in [6, 6.07) is 5.23. The SMILES string of the molecule is CC(C)(C)NC(=O)CCCN(c1ccc(F)cc1)S(C)(=O)=O. The third kappa shape index (κ3) is 6.43. The largest absolute Gasteiger partial charge is 0.352 e. The van der Waals surface area contributed by atoms with Crippen molar-refractivity contribution in [3.8, 4) is 0 Å². The van der Waals surface area contributed by atoms with E-state index < -0.39 is 15.8 Å². The molecule has 5 nitrogen and oxygen atoms in total. The van der Waals surface area contributed by atoms with E-state index in [1.165, 1.54) is 28.6 Å². The summed E-state index contributed by atoms with van der Waals surface area (Å²) in [4.78, 5) is 11.7. The Hall–Kier alpha value is -1.63. The van der Waals surface area contributed by atoms with Gasteiger partial charge in [0.25, 0.3) is 0 Å². The number of hydrogen-bond donors (Lipinski definition) is 1. The summed E-state index contributed by atoms with van der Waals surface area (Å²) in [6.45, 7) is 5.81. The van der Waals surface area contributed by atoms with Crippen molar-refractivity contribution in [3.63, 3.8) is 0 Å². The molecule has 1 aromatic rings. The zero-order chi connectivity index (χ0) is 17.0. The van der Waals surface area contributed by atoms with Crippen LogP contribution < -0.4 is 9.62 Å². The smallest absolute Gasteiger partial charge is 0.232 e. The Morgan fingerprint density at radius 3 is 2.23 bits per heavy atom. The molecule has 0 aliphatic rings. The second-order valence-electron chi connectivity index (χ2n) is 6.21. The molecule has 0 aromatic heterocycles. The molecule has 1 rings (SSSR count). The van der Waals surface area contributed by atoms with Crippen molar-refractivity contribution in [2.24, 2.45) is 0 Å². The molecule has 0 saturated heterocycles. The van der Waals surface area contributed by atoms with Gasteiger partial charge in [0.2, 0.25) is 15.9 Å². The van der Waals surface area contributed by atoms with Gasteiger partial charge < -0.3 is 5.32 Å². The van der Waals surface area contributed by atoms with Crippen molar-refractivity contribution in [1.82, 2.24) is 5.32 Å². The lowest BCUT2D eigenvalue weighted by Crippen LogP contribution is -2.41. The summed E-state index contributed by atoms with van der Waals surface area (Å²) in [5.74, 6) is -0.554. The average molecular weight is 330 g/mol. The molecule has 1 amide bonds. The van der Waals surface area contributed by atoms with Gasteiger partial charge in [0.05, 0.1) is 11.9 Å². The van der Waals surface area contributed by atoms with Crippen LogP contribution in [0.25, 0.3) is 0 Å². The Balaban J connectivity index is 2.69. The molecule has 0 spiro atoms. The van der Waals surface area contributed by atoms with Gasteiger partial charge in [-0.3, -0.25) is 9.10 Å². The summed E-state index contributed by atoms with van der Waals surface area (Å²) in [7, 11) is -3.48. The number of hydrogen-bond acceptors (Lipinski definition) is 3. The van der Waals surface area contributed by atoms with Crippen LogP contribution in [0.5, 0.6) is 0 Å². The molecule has 7 heteroatoms. The maximum Gasteiger partial charge on any atom is 0.232 e. The first kappa shape index (κ1) is 18.4. The second-order valence-corrected chi connectivity index (χ2v) is 8.12. The lowest BCUT2D eigenvalue weighted by Gasteiger charge is -2.23. The maximum absolute atomic E-state index is 12.9. The fourth-order valence-electron chi connectivity index (χ4n) is 1.96. The Labute approximate surface area is 131 Å². The molecule has 1 N–H and O–H groups in total. The molecule has 0 bridgehead atoms. The Morgan fingerprint density at radius 1 is 1.23 bits per heavy atom. The molecule has 0 radical (unpaired) electrons. The number of carbonyl (C=O) groups excluding carboxylic acids is 1. The van der Waals surface area contributed by atoms with E-state index in [1.807, 2.05) is 20.8 Å². The van der Waals surface area contributed by atoms with Crippen molar-refractivity contribution >= 4 is 21.6 Å². The number of halogens is 1. The third-order valence-electron chi connectivity index (χ3n) is 2.79. The van der Waals surface area contributed by atoms with Crippen LogP contribution in [-0.2, 0) is 14.8 Å². The van der Waals surface area contributed by atoms with Gasteiger partial charge in [-0.15, -0.1) is 0 Å². The number of amides is 1. The van der Waals surface area contributed by atoms with Gasteiger partial charge in [0.1, 0.15) is 5.82 Å². The van der Waals surface area contributed by atoms with Crippen molar-refractivity contribution in [1.29, 1.82) is 0 Å². The molecule has 22 heavy (non-hydrogen) atoms. The van der Waals surface area contributed by atoms with E-state index in [1.54, 1.807) is 0 Å². The van der Waals surface area contributed by atoms with Crippen LogP contribution in [0.2, 0.25) is 0 Å². The molecule has 124 valence electrons. The van der Waals surface area contributed by atoms with E-state index in [-0.39, 0.29) is 24.4 Å². The van der Waals surface area contributed by atoms with E-state index in [0.717, 1.165) is 6.26 Å². The summed E-state index contributed by atoms with van der Waals surface area (Å²) < 4.78 is 37.8. The van der Waals surface area contributed by atoms with Gasteiger partial charge in [0.15, 0.2) is 0 Å². The fourth-order valence-corrected chi connectivity index (χ4v) is 2.92. The minimum Gasteiger partial charge on any atom is -0.352 e. The number of rotatable bonds is 6. The van der Waals surface area contributed by atoms with E-state index in [2.05, 4.69) is 5.32 Å². The molecule has 0 atom stereocenters. The normalized spacial score (nSPS) is 12.0. The summed E-state index contributed by atoms with van der Waals surface area (Å²) in [5, 5.41) is 2.82. The monoisotopic (exact) mass is 330 g/mol. The van der Waals surface area contributed by atoms with Gasteiger partial charge in [-0.05, 0) is 51.5 Å².